The molecular weight excluding hydrogens is 445 g/mol. The number of pyridine rings is 2. The molecule has 1 aromatic carbocycles. The molecule has 184 valence electrons. The van der Waals surface area contributed by atoms with Crippen LogP contribution < -0.4 is 10.4 Å². The number of nitrogens with zero attached hydrogens (tertiary/aromatic N) is 5. The van der Waals surface area contributed by atoms with E-state index in [-0.39, 0.29) is 29.0 Å². The smallest absolute Gasteiger partial charge is 0.329 e. The van der Waals surface area contributed by atoms with Crippen molar-refractivity contribution >= 4 is 21.9 Å². The molecule has 35 heavy (non-hydrogen) atoms. The Balaban J connectivity index is 1.47. The first-order valence-corrected chi connectivity index (χ1v) is 12.3. The van der Waals surface area contributed by atoms with Crippen molar-refractivity contribution in [3.05, 3.63) is 52.9 Å². The molecule has 0 unspecified atom stereocenters. The zero-order valence-corrected chi connectivity index (χ0v) is 20.5. The molecule has 0 N–H and O–H groups in total. The Morgan fingerprint density at radius 2 is 2.00 bits per heavy atom. The predicted octanol–water partition coefficient (Wildman–Crippen LogP) is 4.93. The highest BCUT2D eigenvalue weighted by atomic mass is 19.1. The molecule has 4 aromatic rings. The van der Waals surface area contributed by atoms with Crippen LogP contribution in [0.15, 0.2) is 41.4 Å². The van der Waals surface area contributed by atoms with Crippen LogP contribution in [-0.2, 0) is 7.05 Å². The van der Waals surface area contributed by atoms with E-state index in [9.17, 15) is 4.79 Å². The third kappa shape index (κ3) is 4.55. The van der Waals surface area contributed by atoms with Crippen LogP contribution in [0.4, 0.5) is 4.39 Å². The minimum atomic E-state index is -0.745. The van der Waals surface area contributed by atoms with Crippen molar-refractivity contribution in [2.24, 2.45) is 7.05 Å². The summed E-state index contributed by atoms with van der Waals surface area (Å²) in [4.78, 5) is 24.0. The van der Waals surface area contributed by atoms with Gasteiger partial charge in [0.15, 0.2) is 0 Å². The Kier molecular flexibility index (Phi) is 5.88. The van der Waals surface area contributed by atoms with Crippen molar-refractivity contribution in [2.45, 2.75) is 45.6 Å². The van der Waals surface area contributed by atoms with E-state index in [0.29, 0.717) is 34.5 Å². The van der Waals surface area contributed by atoms with Crippen LogP contribution in [0, 0.1) is 5.82 Å². The highest BCUT2D eigenvalue weighted by molar-refractivity contribution is 6.04. The maximum atomic E-state index is 15.4. The largest absolute Gasteiger partial charge is 0.478 e. The molecule has 0 atom stereocenters. The van der Waals surface area contributed by atoms with Gasteiger partial charge < -0.3 is 9.64 Å². The molecular formula is C27H32FN5O2. The van der Waals surface area contributed by atoms with Gasteiger partial charge in [-0.05, 0) is 58.3 Å². The normalized spacial score (nSPS) is 15.7. The monoisotopic (exact) mass is 479 g/mol. The molecule has 1 fully saturated rings. The summed E-state index contributed by atoms with van der Waals surface area (Å²) in [7, 11) is 1.59. The number of halogens is 1. The molecule has 0 saturated carbocycles. The average Bonchev–Trinajstić information content (AvgIpc) is 3.17. The fourth-order valence-electron chi connectivity index (χ4n) is 4.87. The lowest BCUT2D eigenvalue weighted by Gasteiger charge is -2.26. The lowest BCUT2D eigenvalue weighted by atomic mass is 10.0. The van der Waals surface area contributed by atoms with Gasteiger partial charge in [0, 0.05) is 54.5 Å². The number of hydrogen-bond donors (Lipinski definition) is 0. The molecule has 0 bridgehead atoms. The molecule has 0 spiro atoms. The molecule has 0 aliphatic carbocycles. The minimum absolute atomic E-state index is 0.0559. The van der Waals surface area contributed by atoms with E-state index in [0.717, 1.165) is 26.1 Å². The van der Waals surface area contributed by atoms with Crippen molar-refractivity contribution in [3.8, 4) is 17.0 Å². The molecule has 0 amide bonds. The van der Waals surface area contributed by atoms with Crippen LogP contribution in [0.1, 0.15) is 48.3 Å². The predicted molar refractivity (Wildman–Crippen MR) is 136 cm³/mol. The van der Waals surface area contributed by atoms with Gasteiger partial charge in [-0.25, -0.2) is 14.2 Å². The van der Waals surface area contributed by atoms with Crippen LogP contribution in [0.2, 0.25) is 0 Å². The van der Waals surface area contributed by atoms with Crippen LogP contribution in [0.5, 0.6) is 5.88 Å². The zero-order valence-electron chi connectivity index (χ0n) is 22.5. The maximum absolute atomic E-state index is 15.4. The second kappa shape index (κ2) is 9.77. The van der Waals surface area contributed by atoms with Crippen LogP contribution in [-0.4, -0.2) is 50.2 Å². The zero-order chi connectivity index (χ0) is 26.3. The second-order valence-corrected chi connectivity index (χ2v) is 9.47. The number of aromatic nitrogens is 4. The standard InChI is InChI=1S/C27H32FN5O2/c1-18(2)33-26-21-14-20(22(28)15-23(21)29-17-24(26)31(3)27(33)34)19-8-9-25(30-16-19)35-13-7-12-32-10-5-4-6-11-32/h8-9,14-18H,4-7,10-13H2,1-3H3/i15D,17D. The fourth-order valence-corrected chi connectivity index (χ4v) is 4.87. The summed E-state index contributed by atoms with van der Waals surface area (Å²) in [5, 5.41) is 0.455. The van der Waals surface area contributed by atoms with Gasteiger partial charge in [-0.2, -0.15) is 0 Å². The van der Waals surface area contributed by atoms with Gasteiger partial charge in [-0.3, -0.25) is 14.1 Å². The summed E-state index contributed by atoms with van der Waals surface area (Å²) in [5.41, 5.74) is 1.29. The van der Waals surface area contributed by atoms with Crippen LogP contribution in [0.25, 0.3) is 33.1 Å². The van der Waals surface area contributed by atoms with Crippen LogP contribution >= 0.6 is 0 Å². The Morgan fingerprint density at radius 1 is 1.20 bits per heavy atom. The van der Waals surface area contributed by atoms with Crippen molar-refractivity contribution in [1.29, 1.82) is 0 Å². The third-order valence-electron chi connectivity index (χ3n) is 6.71. The van der Waals surface area contributed by atoms with Crippen molar-refractivity contribution in [2.75, 3.05) is 26.2 Å². The van der Waals surface area contributed by atoms with Crippen molar-refractivity contribution in [1.82, 2.24) is 24.0 Å². The first-order valence-electron chi connectivity index (χ1n) is 13.3. The number of hydrogen-bond acceptors (Lipinski definition) is 5. The highest BCUT2D eigenvalue weighted by Crippen LogP contribution is 2.32. The fraction of sp³-hybridized carbons (Fsp3) is 0.444. The van der Waals surface area contributed by atoms with Gasteiger partial charge in [0.25, 0.3) is 0 Å². The Hall–Kier alpha value is -3.26. The molecule has 5 rings (SSSR count). The Bertz CT molecular complexity index is 1510. The van der Waals surface area contributed by atoms with Crippen molar-refractivity contribution in [3.63, 3.8) is 0 Å². The molecule has 0 radical (unpaired) electrons. The third-order valence-corrected chi connectivity index (χ3v) is 6.71. The molecule has 7 nitrogen and oxygen atoms in total. The molecule has 4 heterocycles. The van der Waals surface area contributed by atoms with E-state index < -0.39 is 11.9 Å². The lowest BCUT2D eigenvalue weighted by molar-refractivity contribution is 0.203. The molecule has 1 saturated heterocycles. The van der Waals surface area contributed by atoms with E-state index in [1.54, 1.807) is 29.8 Å². The van der Waals surface area contributed by atoms with Gasteiger partial charge in [0.2, 0.25) is 5.88 Å². The number of imidazole rings is 1. The van der Waals surface area contributed by atoms with E-state index in [4.69, 9.17) is 7.48 Å². The van der Waals surface area contributed by atoms with E-state index in [1.165, 1.54) is 30.0 Å². The second-order valence-electron chi connectivity index (χ2n) is 9.47. The molecule has 1 aliphatic heterocycles. The van der Waals surface area contributed by atoms with Gasteiger partial charge in [0.1, 0.15) is 5.82 Å². The summed E-state index contributed by atoms with van der Waals surface area (Å²) in [5.74, 6) is -0.278. The summed E-state index contributed by atoms with van der Waals surface area (Å²) in [6.07, 6.45) is 6.14. The van der Waals surface area contributed by atoms with Gasteiger partial charge in [-0.1, -0.05) is 6.42 Å². The highest BCUT2D eigenvalue weighted by Gasteiger charge is 2.19. The summed E-state index contributed by atoms with van der Waals surface area (Å²) < 4.78 is 41.0. The molecule has 3 aromatic heterocycles. The number of benzene rings is 1. The number of ether oxygens (including phenoxy) is 1. The lowest BCUT2D eigenvalue weighted by Crippen LogP contribution is -2.31. The van der Waals surface area contributed by atoms with Gasteiger partial charge in [-0.15, -0.1) is 0 Å². The minimum Gasteiger partial charge on any atom is -0.478 e. The quantitative estimate of drug-likeness (QED) is 0.352. The number of piperidine rings is 1. The number of fused-ring (bicyclic) bond motifs is 3. The van der Waals surface area contributed by atoms with Crippen LogP contribution in [0.3, 0.4) is 0 Å². The SMILES string of the molecule is [2H]c1c(F)c(-c2ccc(OCCCN3CCCCC3)nc2)cc2c1nc([2H])c1c2n(C(C)C)c(=O)n1C. The Labute approximate surface area is 207 Å². The van der Waals surface area contributed by atoms with Crippen molar-refractivity contribution < 1.29 is 11.9 Å². The topological polar surface area (TPSA) is 65.2 Å². The van der Waals surface area contributed by atoms with E-state index >= 15 is 4.39 Å². The molecule has 1 aliphatic rings. The molecule has 8 heteroatoms. The maximum Gasteiger partial charge on any atom is 0.329 e. The number of likely N-dealkylation sites (tertiary alicyclic amines) is 1. The summed E-state index contributed by atoms with van der Waals surface area (Å²) in [6.45, 7) is 7.63. The van der Waals surface area contributed by atoms with E-state index in [1.807, 2.05) is 13.8 Å². The summed E-state index contributed by atoms with van der Waals surface area (Å²) >= 11 is 0. The summed E-state index contributed by atoms with van der Waals surface area (Å²) in [6, 6.07) is 4.42. The number of aryl methyl sites for hydroxylation is 1. The van der Waals surface area contributed by atoms with Gasteiger partial charge >= 0.3 is 5.69 Å². The average molecular weight is 480 g/mol. The van der Waals surface area contributed by atoms with E-state index in [2.05, 4.69) is 14.9 Å². The van der Waals surface area contributed by atoms with Gasteiger partial charge in [0.05, 0.1) is 32.1 Å². The first-order chi connectivity index (χ1) is 17.8. The number of rotatable bonds is 7. The Morgan fingerprint density at radius 3 is 2.71 bits per heavy atom. The first kappa shape index (κ1) is 21.1.